The number of aromatic amines is 1. The first-order chi connectivity index (χ1) is 15.3. The minimum atomic E-state index is -0.798. The van der Waals surface area contributed by atoms with Gasteiger partial charge in [0.2, 0.25) is 0 Å². The fourth-order valence-electron chi connectivity index (χ4n) is 3.93. The van der Waals surface area contributed by atoms with Crippen LogP contribution >= 0.6 is 11.6 Å². The number of H-pyrrole nitrogens is 1. The number of hydrogen-bond donors (Lipinski definition) is 1. The number of rotatable bonds is 6. The topological polar surface area (TPSA) is 50.8 Å². The molecule has 0 unspecified atom stereocenters. The van der Waals surface area contributed by atoms with E-state index in [-0.39, 0.29) is 6.61 Å². The summed E-state index contributed by atoms with van der Waals surface area (Å²) in [5, 5.41) is 0.415. The molecule has 0 spiro atoms. The van der Waals surface area contributed by atoms with Gasteiger partial charge in [0.05, 0.1) is 5.52 Å². The van der Waals surface area contributed by atoms with E-state index in [0.717, 1.165) is 22.2 Å². The van der Waals surface area contributed by atoms with E-state index in [4.69, 9.17) is 16.3 Å². The first kappa shape index (κ1) is 19.5. The summed E-state index contributed by atoms with van der Waals surface area (Å²) in [5.41, 5.74) is 3.75. The van der Waals surface area contributed by atoms with E-state index in [1.807, 2.05) is 60.7 Å². The lowest BCUT2D eigenvalue weighted by Crippen LogP contribution is -2.33. The fraction of sp³-hybridized carbons (Fsp3) is 0.0769. The van der Waals surface area contributed by atoms with Crippen LogP contribution in [0, 0.1) is 0 Å². The molecule has 3 aromatic carbocycles. The van der Waals surface area contributed by atoms with Gasteiger partial charge < -0.3 is 9.72 Å². The molecule has 4 nitrogen and oxygen atoms in total. The highest BCUT2D eigenvalue weighted by Gasteiger charge is 2.37. The van der Waals surface area contributed by atoms with E-state index in [2.05, 4.69) is 51.4 Å². The minimum absolute atomic E-state index is 0.270. The zero-order valence-electron chi connectivity index (χ0n) is 16.7. The summed E-state index contributed by atoms with van der Waals surface area (Å²) in [5.74, 6) is 0.692. The number of halogens is 1. The average Bonchev–Trinajstić information content (AvgIpc) is 3.24. The van der Waals surface area contributed by atoms with Gasteiger partial charge in [-0.3, -0.25) is 0 Å². The predicted molar refractivity (Wildman–Crippen MR) is 123 cm³/mol. The molecule has 152 valence electrons. The standard InChI is InChI=1S/C26H20ClN3O/c27-23-17-16-22-25(29-23)30-24(28-22)18-31-26(19-10-4-1-5-11-19,20-12-6-2-7-13-20)21-14-8-3-9-15-21/h1-17H,18H2,(H,28,29,30). The molecular formula is C26H20ClN3O. The minimum Gasteiger partial charge on any atom is -0.353 e. The van der Waals surface area contributed by atoms with E-state index in [0.29, 0.717) is 16.6 Å². The molecule has 0 saturated heterocycles. The van der Waals surface area contributed by atoms with Crippen molar-refractivity contribution in [3.8, 4) is 0 Å². The van der Waals surface area contributed by atoms with Crippen molar-refractivity contribution in [3.05, 3.63) is 131 Å². The number of benzene rings is 3. The van der Waals surface area contributed by atoms with Crippen molar-refractivity contribution in [1.29, 1.82) is 0 Å². The summed E-state index contributed by atoms with van der Waals surface area (Å²) < 4.78 is 6.78. The van der Waals surface area contributed by atoms with Gasteiger partial charge in [0.15, 0.2) is 5.65 Å². The molecule has 5 heteroatoms. The molecule has 0 fully saturated rings. The Kier molecular flexibility index (Phi) is 5.24. The van der Waals surface area contributed by atoms with Crippen molar-refractivity contribution in [1.82, 2.24) is 15.0 Å². The van der Waals surface area contributed by atoms with Crippen LogP contribution in [0.2, 0.25) is 5.15 Å². The van der Waals surface area contributed by atoms with Crippen molar-refractivity contribution in [3.63, 3.8) is 0 Å². The van der Waals surface area contributed by atoms with Crippen LogP contribution in [0.3, 0.4) is 0 Å². The third-order valence-electron chi connectivity index (χ3n) is 5.33. The number of pyridine rings is 1. The Hall–Kier alpha value is -3.47. The van der Waals surface area contributed by atoms with Gasteiger partial charge in [-0.2, -0.15) is 0 Å². The van der Waals surface area contributed by atoms with Crippen LogP contribution in [0.5, 0.6) is 0 Å². The van der Waals surface area contributed by atoms with Crippen molar-refractivity contribution in [2.45, 2.75) is 12.2 Å². The number of aromatic nitrogens is 3. The van der Waals surface area contributed by atoms with Crippen LogP contribution in [-0.4, -0.2) is 15.0 Å². The smallest absolute Gasteiger partial charge is 0.179 e. The van der Waals surface area contributed by atoms with Crippen LogP contribution in [-0.2, 0) is 16.9 Å². The third-order valence-corrected chi connectivity index (χ3v) is 5.54. The van der Waals surface area contributed by atoms with Crippen LogP contribution in [0.4, 0.5) is 0 Å². The Morgan fingerprint density at radius 3 is 1.71 bits per heavy atom. The molecule has 1 N–H and O–H groups in total. The highest BCUT2D eigenvalue weighted by molar-refractivity contribution is 6.29. The number of imidazole rings is 1. The van der Waals surface area contributed by atoms with Crippen molar-refractivity contribution in [2.75, 3.05) is 0 Å². The second-order valence-electron chi connectivity index (χ2n) is 7.26. The Balaban J connectivity index is 1.63. The number of fused-ring (bicyclic) bond motifs is 1. The molecule has 0 aliphatic rings. The molecule has 0 atom stereocenters. The van der Waals surface area contributed by atoms with Gasteiger partial charge in [0, 0.05) is 0 Å². The largest absolute Gasteiger partial charge is 0.353 e. The molecule has 31 heavy (non-hydrogen) atoms. The van der Waals surface area contributed by atoms with Gasteiger partial charge in [-0.05, 0) is 28.8 Å². The maximum absolute atomic E-state index is 6.78. The highest BCUT2D eigenvalue weighted by Crippen LogP contribution is 2.41. The van der Waals surface area contributed by atoms with Crippen LogP contribution in [0.1, 0.15) is 22.5 Å². The molecule has 0 amide bonds. The number of nitrogens with one attached hydrogen (secondary N) is 1. The molecule has 0 aliphatic carbocycles. The lowest BCUT2D eigenvalue weighted by molar-refractivity contribution is -0.00277. The molecular weight excluding hydrogens is 406 g/mol. The van der Waals surface area contributed by atoms with Crippen molar-refractivity contribution < 1.29 is 4.74 Å². The summed E-state index contributed by atoms with van der Waals surface area (Å²) in [4.78, 5) is 12.2. The summed E-state index contributed by atoms with van der Waals surface area (Å²) in [6.45, 7) is 0.270. The summed E-state index contributed by atoms with van der Waals surface area (Å²) in [6, 6.07) is 34.4. The molecule has 0 aliphatic heterocycles. The Labute approximate surface area is 185 Å². The summed E-state index contributed by atoms with van der Waals surface area (Å²) in [7, 11) is 0. The number of ether oxygens (including phenoxy) is 1. The van der Waals surface area contributed by atoms with Crippen LogP contribution < -0.4 is 0 Å². The lowest BCUT2D eigenvalue weighted by Gasteiger charge is -2.35. The molecule has 2 heterocycles. The predicted octanol–water partition coefficient (Wildman–Crippen LogP) is 6.12. The molecule has 0 radical (unpaired) electrons. The fourth-order valence-corrected chi connectivity index (χ4v) is 4.08. The van der Waals surface area contributed by atoms with Gasteiger partial charge in [-0.25, -0.2) is 9.97 Å². The van der Waals surface area contributed by atoms with Gasteiger partial charge in [0.25, 0.3) is 0 Å². The zero-order valence-corrected chi connectivity index (χ0v) is 17.5. The van der Waals surface area contributed by atoms with Crippen LogP contribution in [0.15, 0.2) is 103 Å². The Morgan fingerprint density at radius 1 is 0.677 bits per heavy atom. The normalized spacial score (nSPS) is 11.6. The number of nitrogens with zero attached hydrogens (tertiary/aromatic N) is 2. The van der Waals surface area contributed by atoms with E-state index in [9.17, 15) is 0 Å². The first-order valence-corrected chi connectivity index (χ1v) is 10.5. The summed E-state index contributed by atoms with van der Waals surface area (Å²) >= 11 is 6.02. The zero-order chi connectivity index (χ0) is 21.1. The van der Waals surface area contributed by atoms with E-state index in [1.165, 1.54) is 0 Å². The molecule has 5 rings (SSSR count). The maximum atomic E-state index is 6.78. The van der Waals surface area contributed by atoms with E-state index in [1.54, 1.807) is 6.07 Å². The Bertz CT molecular complexity index is 1190. The van der Waals surface area contributed by atoms with Crippen molar-refractivity contribution in [2.24, 2.45) is 0 Å². The average molecular weight is 426 g/mol. The molecule has 5 aromatic rings. The molecule has 2 aromatic heterocycles. The van der Waals surface area contributed by atoms with Crippen molar-refractivity contribution >= 4 is 22.8 Å². The van der Waals surface area contributed by atoms with Gasteiger partial charge >= 0.3 is 0 Å². The maximum Gasteiger partial charge on any atom is 0.179 e. The summed E-state index contributed by atoms with van der Waals surface area (Å²) in [6.07, 6.45) is 0. The Morgan fingerprint density at radius 2 is 1.19 bits per heavy atom. The highest BCUT2D eigenvalue weighted by atomic mass is 35.5. The van der Waals surface area contributed by atoms with Gasteiger partial charge in [0.1, 0.15) is 23.2 Å². The van der Waals surface area contributed by atoms with Gasteiger partial charge in [-0.15, -0.1) is 0 Å². The second-order valence-corrected chi connectivity index (χ2v) is 7.64. The molecule has 0 saturated carbocycles. The third kappa shape index (κ3) is 3.72. The first-order valence-electron chi connectivity index (χ1n) is 10.1. The van der Waals surface area contributed by atoms with E-state index < -0.39 is 5.60 Å². The quantitative estimate of drug-likeness (QED) is 0.263. The number of hydrogen-bond acceptors (Lipinski definition) is 3. The van der Waals surface area contributed by atoms with E-state index >= 15 is 0 Å². The monoisotopic (exact) mass is 425 g/mol. The van der Waals surface area contributed by atoms with Crippen LogP contribution in [0.25, 0.3) is 11.2 Å². The molecule has 0 bridgehead atoms. The second kappa shape index (κ2) is 8.34. The van der Waals surface area contributed by atoms with Gasteiger partial charge in [-0.1, -0.05) is 103 Å². The SMILES string of the molecule is Clc1ccc2[nH]c(COC(c3ccccc3)(c3ccccc3)c3ccccc3)nc2n1. The lowest BCUT2D eigenvalue weighted by atomic mass is 9.80.